The Balaban J connectivity index is 1.70. The lowest BCUT2D eigenvalue weighted by Gasteiger charge is -2.28. The van der Waals surface area contributed by atoms with E-state index >= 15 is 0 Å². The zero-order chi connectivity index (χ0) is 13.9. The summed E-state index contributed by atoms with van der Waals surface area (Å²) >= 11 is 0. The minimum absolute atomic E-state index is 0.189. The molecule has 1 aliphatic heterocycles. The van der Waals surface area contributed by atoms with Crippen LogP contribution in [0.2, 0.25) is 0 Å². The second-order valence-corrected chi connectivity index (χ2v) is 5.35. The van der Waals surface area contributed by atoms with Gasteiger partial charge >= 0.3 is 0 Å². The van der Waals surface area contributed by atoms with Crippen LogP contribution in [0.1, 0.15) is 17.5 Å². The van der Waals surface area contributed by atoms with Crippen molar-refractivity contribution in [3.63, 3.8) is 0 Å². The third-order valence-electron chi connectivity index (χ3n) is 3.84. The number of benzene rings is 2. The third-order valence-corrected chi connectivity index (χ3v) is 3.84. The minimum Gasteiger partial charge on any atom is -0.381 e. The predicted molar refractivity (Wildman–Crippen MR) is 81.8 cm³/mol. The lowest BCUT2D eigenvalue weighted by molar-refractivity contribution is 0.627. The molecule has 0 aliphatic carbocycles. The third kappa shape index (κ3) is 2.77. The van der Waals surface area contributed by atoms with Gasteiger partial charge in [0.05, 0.1) is 0 Å². The SMILES string of the molecule is CN1CCCc2cc(NCc3ccc(F)cc3)ccc21. The van der Waals surface area contributed by atoms with Gasteiger partial charge in [-0.2, -0.15) is 0 Å². The molecule has 0 saturated carbocycles. The van der Waals surface area contributed by atoms with Gasteiger partial charge in [0.25, 0.3) is 0 Å². The maximum Gasteiger partial charge on any atom is 0.123 e. The predicted octanol–water partition coefficient (Wildman–Crippen LogP) is 3.82. The summed E-state index contributed by atoms with van der Waals surface area (Å²) in [7, 11) is 2.14. The van der Waals surface area contributed by atoms with Gasteiger partial charge < -0.3 is 10.2 Å². The summed E-state index contributed by atoms with van der Waals surface area (Å²) < 4.78 is 12.9. The van der Waals surface area contributed by atoms with Crippen molar-refractivity contribution in [3.8, 4) is 0 Å². The number of nitrogens with zero attached hydrogens (tertiary/aromatic N) is 1. The van der Waals surface area contributed by atoms with Crippen LogP contribution in [-0.4, -0.2) is 13.6 Å². The van der Waals surface area contributed by atoms with Gasteiger partial charge in [-0.25, -0.2) is 4.39 Å². The number of halogens is 1. The van der Waals surface area contributed by atoms with Crippen LogP contribution in [0.5, 0.6) is 0 Å². The van der Waals surface area contributed by atoms with Gasteiger partial charge in [-0.1, -0.05) is 12.1 Å². The van der Waals surface area contributed by atoms with E-state index in [-0.39, 0.29) is 5.82 Å². The van der Waals surface area contributed by atoms with Gasteiger partial charge in [-0.05, 0) is 54.3 Å². The lowest BCUT2D eigenvalue weighted by atomic mass is 10.0. The van der Waals surface area contributed by atoms with Crippen LogP contribution >= 0.6 is 0 Å². The molecule has 0 spiro atoms. The summed E-state index contributed by atoms with van der Waals surface area (Å²) in [6, 6.07) is 13.2. The Labute approximate surface area is 119 Å². The Bertz CT molecular complexity index is 592. The van der Waals surface area contributed by atoms with E-state index < -0.39 is 0 Å². The molecule has 1 aliphatic rings. The number of nitrogens with one attached hydrogen (secondary N) is 1. The summed E-state index contributed by atoms with van der Waals surface area (Å²) in [4.78, 5) is 2.31. The molecule has 0 fully saturated rings. The van der Waals surface area contributed by atoms with Crippen LogP contribution in [0.15, 0.2) is 42.5 Å². The number of hydrogen-bond donors (Lipinski definition) is 1. The molecule has 0 unspecified atom stereocenters. The van der Waals surface area contributed by atoms with Crippen LogP contribution in [0.25, 0.3) is 0 Å². The Morgan fingerprint density at radius 3 is 2.75 bits per heavy atom. The molecule has 0 aromatic heterocycles. The first-order chi connectivity index (χ1) is 9.72. The van der Waals surface area contributed by atoms with Crippen molar-refractivity contribution in [2.24, 2.45) is 0 Å². The number of hydrogen-bond acceptors (Lipinski definition) is 2. The zero-order valence-corrected chi connectivity index (χ0v) is 11.7. The van der Waals surface area contributed by atoms with Crippen molar-refractivity contribution >= 4 is 11.4 Å². The van der Waals surface area contributed by atoms with Crippen molar-refractivity contribution in [1.29, 1.82) is 0 Å². The summed E-state index contributed by atoms with van der Waals surface area (Å²) in [5.41, 5.74) is 4.95. The molecule has 3 heteroatoms. The fourth-order valence-corrected chi connectivity index (χ4v) is 2.70. The number of anilines is 2. The van der Waals surface area contributed by atoms with E-state index in [1.165, 1.54) is 29.8 Å². The van der Waals surface area contributed by atoms with E-state index in [2.05, 4.69) is 35.5 Å². The van der Waals surface area contributed by atoms with Crippen LogP contribution in [0, 0.1) is 5.82 Å². The topological polar surface area (TPSA) is 15.3 Å². The van der Waals surface area contributed by atoms with Crippen LogP contribution < -0.4 is 10.2 Å². The molecule has 0 amide bonds. The number of fused-ring (bicyclic) bond motifs is 1. The maximum absolute atomic E-state index is 12.9. The molecule has 0 radical (unpaired) electrons. The molecular formula is C17H19FN2. The lowest BCUT2D eigenvalue weighted by Crippen LogP contribution is -2.24. The Kier molecular flexibility index (Phi) is 3.59. The van der Waals surface area contributed by atoms with Gasteiger partial charge in [0, 0.05) is 31.5 Å². The highest BCUT2D eigenvalue weighted by Gasteiger charge is 2.13. The summed E-state index contributed by atoms with van der Waals surface area (Å²) in [6.07, 6.45) is 2.36. The van der Waals surface area contributed by atoms with Crippen LogP contribution in [0.4, 0.5) is 15.8 Å². The average Bonchev–Trinajstić information content (AvgIpc) is 2.47. The van der Waals surface area contributed by atoms with E-state index in [1.54, 1.807) is 0 Å². The first-order valence-electron chi connectivity index (χ1n) is 7.05. The van der Waals surface area contributed by atoms with Crippen LogP contribution in [0.3, 0.4) is 0 Å². The summed E-state index contributed by atoms with van der Waals surface area (Å²) in [6.45, 7) is 1.85. The number of rotatable bonds is 3. The van der Waals surface area contributed by atoms with E-state index in [0.29, 0.717) is 0 Å². The molecule has 20 heavy (non-hydrogen) atoms. The quantitative estimate of drug-likeness (QED) is 0.912. The molecule has 0 bridgehead atoms. The molecule has 1 N–H and O–H groups in total. The van der Waals surface area contributed by atoms with Crippen molar-refractivity contribution in [2.75, 3.05) is 23.8 Å². The smallest absolute Gasteiger partial charge is 0.123 e. The van der Waals surface area contributed by atoms with Gasteiger partial charge in [-0.3, -0.25) is 0 Å². The van der Waals surface area contributed by atoms with E-state index in [9.17, 15) is 4.39 Å². The minimum atomic E-state index is -0.189. The van der Waals surface area contributed by atoms with Crippen molar-refractivity contribution in [1.82, 2.24) is 0 Å². The molecule has 1 heterocycles. The largest absolute Gasteiger partial charge is 0.381 e. The highest BCUT2D eigenvalue weighted by atomic mass is 19.1. The normalized spacial score (nSPS) is 14.0. The molecule has 2 aromatic rings. The molecule has 2 aromatic carbocycles. The van der Waals surface area contributed by atoms with E-state index in [4.69, 9.17) is 0 Å². The molecule has 0 saturated heterocycles. The molecular weight excluding hydrogens is 251 g/mol. The Hall–Kier alpha value is -2.03. The van der Waals surface area contributed by atoms with Gasteiger partial charge in [0.2, 0.25) is 0 Å². The highest BCUT2D eigenvalue weighted by molar-refractivity contribution is 5.62. The summed E-state index contributed by atoms with van der Waals surface area (Å²) in [5.74, 6) is -0.189. The second kappa shape index (κ2) is 5.53. The van der Waals surface area contributed by atoms with Crippen LogP contribution in [-0.2, 0) is 13.0 Å². The van der Waals surface area contributed by atoms with Gasteiger partial charge in [-0.15, -0.1) is 0 Å². The monoisotopic (exact) mass is 270 g/mol. The van der Waals surface area contributed by atoms with E-state index in [0.717, 1.165) is 30.8 Å². The van der Waals surface area contributed by atoms with Crippen molar-refractivity contribution in [3.05, 3.63) is 59.4 Å². The summed E-state index contributed by atoms with van der Waals surface area (Å²) in [5, 5.41) is 3.40. The first kappa shape index (κ1) is 13.0. The molecule has 2 nitrogen and oxygen atoms in total. The molecule has 104 valence electrons. The maximum atomic E-state index is 12.9. The van der Waals surface area contributed by atoms with Gasteiger partial charge in [0.15, 0.2) is 0 Å². The second-order valence-electron chi connectivity index (χ2n) is 5.35. The standard InChI is InChI=1S/C17H19FN2/c1-20-10-2-3-14-11-16(8-9-17(14)20)19-12-13-4-6-15(18)7-5-13/h4-9,11,19H,2-3,10,12H2,1H3. The Morgan fingerprint density at radius 2 is 1.95 bits per heavy atom. The van der Waals surface area contributed by atoms with Gasteiger partial charge in [0.1, 0.15) is 5.82 Å². The highest BCUT2D eigenvalue weighted by Crippen LogP contribution is 2.28. The number of aryl methyl sites for hydroxylation is 1. The average molecular weight is 270 g/mol. The molecule has 3 rings (SSSR count). The van der Waals surface area contributed by atoms with E-state index in [1.807, 2.05) is 12.1 Å². The molecule has 0 atom stereocenters. The first-order valence-corrected chi connectivity index (χ1v) is 7.05. The zero-order valence-electron chi connectivity index (χ0n) is 11.7. The fraction of sp³-hybridized carbons (Fsp3) is 0.294. The van der Waals surface area contributed by atoms with Crippen molar-refractivity contribution < 1.29 is 4.39 Å². The fourth-order valence-electron chi connectivity index (χ4n) is 2.70. The van der Waals surface area contributed by atoms with Crippen molar-refractivity contribution in [2.45, 2.75) is 19.4 Å². The Morgan fingerprint density at radius 1 is 1.15 bits per heavy atom.